The van der Waals surface area contributed by atoms with E-state index in [0.29, 0.717) is 6.54 Å². The summed E-state index contributed by atoms with van der Waals surface area (Å²) >= 11 is 0. The lowest BCUT2D eigenvalue weighted by Gasteiger charge is -2.24. The Hall–Kier alpha value is -1.47. The van der Waals surface area contributed by atoms with Gasteiger partial charge in [0.2, 0.25) is 0 Å². The van der Waals surface area contributed by atoms with Gasteiger partial charge in [-0.1, -0.05) is 0 Å². The molecule has 2 heterocycles. The predicted molar refractivity (Wildman–Crippen MR) is 75.4 cm³/mol. The highest BCUT2D eigenvalue weighted by Gasteiger charge is 2.40. The number of rotatable bonds is 6. The maximum absolute atomic E-state index is 12.0. The Morgan fingerprint density at radius 2 is 2.19 bits per heavy atom. The molecule has 2 rings (SSSR count). The Kier molecular flexibility index (Phi) is 5.69. The van der Waals surface area contributed by atoms with Crippen LogP contribution < -0.4 is 4.90 Å². The number of quaternary nitrogens is 1. The van der Waals surface area contributed by atoms with Crippen LogP contribution in [0.25, 0.3) is 0 Å². The van der Waals surface area contributed by atoms with Crippen LogP contribution in [0.3, 0.4) is 0 Å². The second-order valence-electron chi connectivity index (χ2n) is 5.44. The molecule has 2 aliphatic heterocycles. The van der Waals surface area contributed by atoms with Gasteiger partial charge in [0.25, 0.3) is 5.91 Å². The number of carbonyl (C=O) groups is 2. The number of likely N-dealkylation sites (tertiary alicyclic amines) is 1. The fourth-order valence-electron chi connectivity index (χ4n) is 2.77. The van der Waals surface area contributed by atoms with Crippen LogP contribution in [-0.2, 0) is 19.1 Å². The van der Waals surface area contributed by atoms with Gasteiger partial charge >= 0.3 is 5.97 Å². The summed E-state index contributed by atoms with van der Waals surface area (Å²) in [5, 5.41) is 7.77. The minimum Gasteiger partial charge on any atom is -0.465 e. The van der Waals surface area contributed by atoms with Crippen molar-refractivity contribution in [2.75, 3.05) is 52.5 Å². The Balaban J connectivity index is 1.77. The molecule has 0 unspecified atom stereocenters. The van der Waals surface area contributed by atoms with Crippen LogP contribution in [0.15, 0.2) is 0 Å². The summed E-state index contributed by atoms with van der Waals surface area (Å²) in [7, 11) is 0. The molecule has 2 fully saturated rings. The minimum absolute atomic E-state index is 0.132. The Morgan fingerprint density at radius 3 is 2.86 bits per heavy atom. The lowest BCUT2D eigenvalue weighted by atomic mass is 10.1. The van der Waals surface area contributed by atoms with E-state index in [-0.39, 0.29) is 24.8 Å². The summed E-state index contributed by atoms with van der Waals surface area (Å²) in [6.07, 6.45) is 0.879. The number of carbonyl (C=O) groups excluding carboxylic acids is 2. The second-order valence-corrected chi connectivity index (χ2v) is 5.44. The number of hydrogen-bond donors (Lipinski definition) is 2. The SMILES string of the molecule is CCOC(=O)[C@H]1CN(CCC[NH+]2CCOCC2)C(=O)C1=N. The van der Waals surface area contributed by atoms with Crippen molar-refractivity contribution in [3.05, 3.63) is 0 Å². The lowest BCUT2D eigenvalue weighted by Crippen LogP contribution is -3.14. The van der Waals surface area contributed by atoms with E-state index in [1.54, 1.807) is 11.8 Å². The molecule has 2 saturated heterocycles. The molecule has 0 bridgehead atoms. The van der Waals surface area contributed by atoms with E-state index >= 15 is 0 Å². The molecular formula is C14H24N3O4+. The Bertz CT molecular complexity index is 407. The summed E-state index contributed by atoms with van der Waals surface area (Å²) in [5.74, 6) is -1.50. The highest BCUT2D eigenvalue weighted by Crippen LogP contribution is 2.16. The summed E-state index contributed by atoms with van der Waals surface area (Å²) in [6.45, 7) is 7.49. The van der Waals surface area contributed by atoms with Crippen molar-refractivity contribution < 1.29 is 24.0 Å². The van der Waals surface area contributed by atoms with Gasteiger partial charge in [-0.15, -0.1) is 0 Å². The number of esters is 1. The molecule has 7 heteroatoms. The van der Waals surface area contributed by atoms with Crippen molar-refractivity contribution in [3.8, 4) is 0 Å². The van der Waals surface area contributed by atoms with Gasteiger partial charge in [0, 0.05) is 19.5 Å². The zero-order valence-corrected chi connectivity index (χ0v) is 12.5. The first-order chi connectivity index (χ1) is 10.1. The Morgan fingerprint density at radius 1 is 1.48 bits per heavy atom. The topological polar surface area (TPSA) is 84.1 Å². The molecule has 1 amide bonds. The third-order valence-corrected chi connectivity index (χ3v) is 4.00. The molecule has 0 aliphatic carbocycles. The van der Waals surface area contributed by atoms with E-state index in [4.69, 9.17) is 14.9 Å². The average molecular weight is 298 g/mol. The molecule has 21 heavy (non-hydrogen) atoms. The molecule has 7 nitrogen and oxygen atoms in total. The van der Waals surface area contributed by atoms with E-state index in [0.717, 1.165) is 39.3 Å². The van der Waals surface area contributed by atoms with Gasteiger partial charge in [-0.2, -0.15) is 0 Å². The van der Waals surface area contributed by atoms with Gasteiger partial charge in [0.15, 0.2) is 0 Å². The molecular weight excluding hydrogens is 274 g/mol. The first-order valence-electron chi connectivity index (χ1n) is 7.59. The van der Waals surface area contributed by atoms with Crippen LogP contribution in [0.1, 0.15) is 13.3 Å². The molecule has 0 aromatic heterocycles. The van der Waals surface area contributed by atoms with E-state index in [1.165, 1.54) is 4.90 Å². The number of morpholine rings is 1. The van der Waals surface area contributed by atoms with Gasteiger partial charge in [-0.25, -0.2) is 0 Å². The fourth-order valence-corrected chi connectivity index (χ4v) is 2.77. The molecule has 0 aromatic carbocycles. The third-order valence-electron chi connectivity index (χ3n) is 4.00. The van der Waals surface area contributed by atoms with Gasteiger partial charge in [-0.05, 0) is 6.92 Å². The normalized spacial score (nSPS) is 23.7. The smallest absolute Gasteiger partial charge is 0.317 e. The van der Waals surface area contributed by atoms with Crippen molar-refractivity contribution in [2.24, 2.45) is 5.92 Å². The average Bonchev–Trinajstić information content (AvgIpc) is 2.77. The zero-order valence-electron chi connectivity index (χ0n) is 12.5. The summed E-state index contributed by atoms with van der Waals surface area (Å²) in [5.41, 5.74) is -0.132. The number of ether oxygens (including phenoxy) is 2. The van der Waals surface area contributed by atoms with Gasteiger partial charge in [0.05, 0.1) is 26.4 Å². The molecule has 1 atom stereocenters. The van der Waals surface area contributed by atoms with Crippen LogP contribution in [0.4, 0.5) is 0 Å². The molecule has 118 valence electrons. The van der Waals surface area contributed by atoms with Crippen LogP contribution >= 0.6 is 0 Å². The first-order valence-corrected chi connectivity index (χ1v) is 7.59. The number of nitrogens with zero attached hydrogens (tertiary/aromatic N) is 1. The summed E-state index contributed by atoms with van der Waals surface area (Å²) in [4.78, 5) is 26.8. The zero-order chi connectivity index (χ0) is 15.2. The summed E-state index contributed by atoms with van der Waals surface area (Å²) < 4.78 is 10.2. The quantitative estimate of drug-likeness (QED) is 0.575. The molecule has 0 radical (unpaired) electrons. The van der Waals surface area contributed by atoms with E-state index < -0.39 is 11.9 Å². The van der Waals surface area contributed by atoms with Crippen molar-refractivity contribution >= 4 is 17.6 Å². The molecule has 0 saturated carbocycles. The highest BCUT2D eigenvalue weighted by atomic mass is 16.5. The van der Waals surface area contributed by atoms with Crippen molar-refractivity contribution in [2.45, 2.75) is 13.3 Å². The minimum atomic E-state index is -0.715. The lowest BCUT2D eigenvalue weighted by molar-refractivity contribution is -0.908. The van der Waals surface area contributed by atoms with Crippen LogP contribution in [-0.4, -0.2) is 75.0 Å². The highest BCUT2D eigenvalue weighted by molar-refractivity contribution is 6.43. The maximum Gasteiger partial charge on any atom is 0.317 e. The van der Waals surface area contributed by atoms with Crippen molar-refractivity contribution in [1.29, 1.82) is 5.41 Å². The molecule has 2 aliphatic rings. The molecule has 0 spiro atoms. The predicted octanol–water partition coefficient (Wildman–Crippen LogP) is -1.67. The number of hydrogen-bond acceptors (Lipinski definition) is 5. The molecule has 2 N–H and O–H groups in total. The molecule has 0 aromatic rings. The van der Waals surface area contributed by atoms with Gasteiger partial charge in [0.1, 0.15) is 24.7 Å². The second kappa shape index (κ2) is 7.51. The van der Waals surface area contributed by atoms with Crippen molar-refractivity contribution in [1.82, 2.24) is 4.90 Å². The Labute approximate surface area is 124 Å². The van der Waals surface area contributed by atoms with Gasteiger partial charge < -0.3 is 19.3 Å². The maximum atomic E-state index is 12.0. The van der Waals surface area contributed by atoms with Gasteiger partial charge in [-0.3, -0.25) is 15.0 Å². The fraction of sp³-hybridized carbons (Fsp3) is 0.786. The van der Waals surface area contributed by atoms with Crippen LogP contribution in [0, 0.1) is 11.3 Å². The van der Waals surface area contributed by atoms with E-state index in [2.05, 4.69) is 0 Å². The number of nitrogens with one attached hydrogen (secondary N) is 2. The van der Waals surface area contributed by atoms with E-state index in [1.807, 2.05) is 0 Å². The number of amides is 1. The largest absolute Gasteiger partial charge is 0.465 e. The summed E-state index contributed by atoms with van der Waals surface area (Å²) in [6, 6.07) is 0. The van der Waals surface area contributed by atoms with Crippen LogP contribution in [0.2, 0.25) is 0 Å². The monoisotopic (exact) mass is 298 g/mol. The van der Waals surface area contributed by atoms with Crippen molar-refractivity contribution in [3.63, 3.8) is 0 Å². The van der Waals surface area contributed by atoms with E-state index in [9.17, 15) is 9.59 Å². The first kappa shape index (κ1) is 15.9. The van der Waals surface area contributed by atoms with Crippen LogP contribution in [0.5, 0.6) is 0 Å². The third kappa shape index (κ3) is 4.01. The standard InChI is InChI=1S/C14H23N3O4/c1-2-21-14(19)11-10-17(13(18)12(11)15)5-3-4-16-6-8-20-9-7-16/h11,15H,2-10H2,1H3/p+1/t11-/m0/s1.